The Hall–Kier alpha value is -1.41. The molecule has 0 saturated carbocycles. The first-order valence-corrected chi connectivity index (χ1v) is 7.73. The Balaban J connectivity index is 2.30. The molecule has 0 saturated heterocycles. The summed E-state index contributed by atoms with van der Waals surface area (Å²) in [5.41, 5.74) is 1.14. The van der Waals surface area contributed by atoms with E-state index in [1.165, 1.54) is 0 Å². The summed E-state index contributed by atoms with van der Waals surface area (Å²) >= 11 is 0. The van der Waals surface area contributed by atoms with Gasteiger partial charge in [-0.1, -0.05) is 52.7 Å². The summed E-state index contributed by atoms with van der Waals surface area (Å²) in [6.07, 6.45) is 0. The summed E-state index contributed by atoms with van der Waals surface area (Å²) < 4.78 is 12.9. The lowest BCUT2D eigenvalue weighted by atomic mass is 10.2. The van der Waals surface area contributed by atoms with E-state index in [1.807, 2.05) is 67.6 Å². The standard InChI is InChI=1S/C15H17OS/c1-2-17(16,15-11-7-4-8-12-15)13-14-9-5-3-6-10-14/h3-12H,2,13H2,1H3/q+1. The molecule has 1 atom stereocenters. The van der Waals surface area contributed by atoms with E-state index in [-0.39, 0.29) is 0 Å². The third kappa shape index (κ3) is 2.83. The van der Waals surface area contributed by atoms with Crippen LogP contribution in [0, 0.1) is 0 Å². The second kappa shape index (κ2) is 5.28. The van der Waals surface area contributed by atoms with Crippen LogP contribution >= 0.6 is 0 Å². The highest BCUT2D eigenvalue weighted by Gasteiger charge is 2.28. The second-order valence-electron chi connectivity index (χ2n) is 4.04. The Morgan fingerprint density at radius 2 is 1.41 bits per heavy atom. The molecule has 2 aromatic carbocycles. The predicted octanol–water partition coefficient (Wildman–Crippen LogP) is 3.77. The molecule has 2 aromatic rings. The molecule has 17 heavy (non-hydrogen) atoms. The molecule has 2 heteroatoms. The number of hydrogen-bond donors (Lipinski definition) is 0. The van der Waals surface area contributed by atoms with Crippen LogP contribution in [0.4, 0.5) is 0 Å². The number of benzene rings is 2. The zero-order valence-electron chi connectivity index (χ0n) is 10.0. The first-order valence-electron chi connectivity index (χ1n) is 5.83. The maximum absolute atomic E-state index is 12.9. The average molecular weight is 245 g/mol. The Labute approximate surface area is 104 Å². The van der Waals surface area contributed by atoms with E-state index in [0.717, 1.165) is 10.5 Å². The van der Waals surface area contributed by atoms with Crippen LogP contribution in [0.3, 0.4) is 0 Å². The summed E-state index contributed by atoms with van der Waals surface area (Å²) in [5, 5.41) is 0. The van der Waals surface area contributed by atoms with Gasteiger partial charge in [-0.3, -0.25) is 0 Å². The molecule has 88 valence electrons. The SMILES string of the molecule is CC[S+](=O)(Cc1ccccc1)c1ccccc1. The van der Waals surface area contributed by atoms with Crippen LogP contribution in [-0.2, 0) is 19.9 Å². The Morgan fingerprint density at radius 1 is 0.882 bits per heavy atom. The third-order valence-electron chi connectivity index (χ3n) is 2.88. The van der Waals surface area contributed by atoms with Gasteiger partial charge in [-0.15, -0.1) is 0 Å². The van der Waals surface area contributed by atoms with Crippen molar-refractivity contribution >= 4 is 9.93 Å². The van der Waals surface area contributed by atoms with Gasteiger partial charge < -0.3 is 0 Å². The van der Waals surface area contributed by atoms with E-state index in [2.05, 4.69) is 0 Å². The van der Waals surface area contributed by atoms with Gasteiger partial charge in [0, 0.05) is 5.56 Å². The van der Waals surface area contributed by atoms with Crippen molar-refractivity contribution in [3.05, 3.63) is 66.2 Å². The minimum absolute atomic E-state index is 0.633. The molecular formula is C15H17OS+. The van der Waals surface area contributed by atoms with Crippen molar-refractivity contribution in [1.29, 1.82) is 0 Å². The van der Waals surface area contributed by atoms with Crippen LogP contribution in [0.5, 0.6) is 0 Å². The van der Waals surface area contributed by atoms with Crippen molar-refractivity contribution < 1.29 is 4.21 Å². The molecule has 1 unspecified atom stereocenters. The van der Waals surface area contributed by atoms with Crippen molar-refractivity contribution in [2.24, 2.45) is 0 Å². The molecule has 1 nitrogen and oxygen atoms in total. The van der Waals surface area contributed by atoms with Crippen molar-refractivity contribution in [2.75, 3.05) is 5.75 Å². The maximum Gasteiger partial charge on any atom is 0.158 e. The highest BCUT2D eigenvalue weighted by atomic mass is 32.2. The predicted molar refractivity (Wildman–Crippen MR) is 73.4 cm³/mol. The molecular weight excluding hydrogens is 228 g/mol. The third-order valence-corrected chi connectivity index (χ3v) is 5.75. The van der Waals surface area contributed by atoms with Crippen molar-refractivity contribution in [2.45, 2.75) is 17.6 Å². The Kier molecular flexibility index (Phi) is 3.75. The van der Waals surface area contributed by atoms with Gasteiger partial charge in [-0.05, 0) is 19.1 Å². The lowest BCUT2D eigenvalue weighted by molar-refractivity contribution is 0.584. The second-order valence-corrected chi connectivity index (χ2v) is 7.00. The van der Waals surface area contributed by atoms with Gasteiger partial charge in [0.2, 0.25) is 0 Å². The fraction of sp³-hybridized carbons (Fsp3) is 0.200. The first-order chi connectivity index (χ1) is 8.24. The van der Waals surface area contributed by atoms with Gasteiger partial charge in [-0.25, -0.2) is 0 Å². The molecule has 0 bridgehead atoms. The largest absolute Gasteiger partial charge is 0.158 e. The highest BCUT2D eigenvalue weighted by molar-refractivity contribution is 8.02. The molecule has 0 aliphatic heterocycles. The molecule has 0 aromatic heterocycles. The van der Waals surface area contributed by atoms with E-state index in [4.69, 9.17) is 0 Å². The van der Waals surface area contributed by atoms with Crippen LogP contribution in [0.15, 0.2) is 65.6 Å². The molecule has 0 aliphatic rings. The summed E-state index contributed by atoms with van der Waals surface area (Å²) in [7, 11) is -1.96. The zero-order valence-corrected chi connectivity index (χ0v) is 10.8. The van der Waals surface area contributed by atoms with Crippen molar-refractivity contribution in [1.82, 2.24) is 0 Å². The normalized spacial score (nSPS) is 14.2. The summed E-state index contributed by atoms with van der Waals surface area (Å²) in [5.74, 6) is 1.32. The van der Waals surface area contributed by atoms with Gasteiger partial charge in [0.05, 0.1) is 0 Å². The monoisotopic (exact) mass is 245 g/mol. The number of hydrogen-bond acceptors (Lipinski definition) is 1. The van der Waals surface area contributed by atoms with E-state index < -0.39 is 9.93 Å². The maximum atomic E-state index is 12.9. The van der Waals surface area contributed by atoms with Crippen molar-refractivity contribution in [3.63, 3.8) is 0 Å². The lowest BCUT2D eigenvalue weighted by Crippen LogP contribution is -2.17. The van der Waals surface area contributed by atoms with Crippen LogP contribution < -0.4 is 0 Å². The minimum atomic E-state index is -1.96. The molecule has 0 heterocycles. The highest BCUT2D eigenvalue weighted by Crippen LogP contribution is 2.24. The molecule has 0 amide bonds. The summed E-state index contributed by atoms with van der Waals surface area (Å²) in [6.45, 7) is 2.00. The van der Waals surface area contributed by atoms with Gasteiger partial charge in [0.25, 0.3) is 0 Å². The van der Waals surface area contributed by atoms with E-state index >= 15 is 0 Å². The van der Waals surface area contributed by atoms with Gasteiger partial charge in [0.1, 0.15) is 21.4 Å². The minimum Gasteiger partial charge on any atom is -0.0994 e. The van der Waals surface area contributed by atoms with Crippen LogP contribution in [0.2, 0.25) is 0 Å². The van der Waals surface area contributed by atoms with Gasteiger partial charge >= 0.3 is 0 Å². The topological polar surface area (TPSA) is 17.1 Å². The first kappa shape index (κ1) is 12.1. The Morgan fingerprint density at radius 3 is 1.94 bits per heavy atom. The molecule has 0 fully saturated rings. The quantitative estimate of drug-likeness (QED) is 0.749. The number of rotatable bonds is 4. The molecule has 2 rings (SSSR count). The van der Waals surface area contributed by atoms with Crippen LogP contribution in [0.25, 0.3) is 0 Å². The van der Waals surface area contributed by atoms with Crippen LogP contribution in [-0.4, -0.2) is 5.75 Å². The molecule has 0 aliphatic carbocycles. The van der Waals surface area contributed by atoms with Gasteiger partial charge in [0.15, 0.2) is 4.90 Å². The fourth-order valence-electron chi connectivity index (χ4n) is 1.86. The average Bonchev–Trinajstić information content (AvgIpc) is 2.41. The smallest absolute Gasteiger partial charge is 0.0994 e. The van der Waals surface area contributed by atoms with Crippen LogP contribution in [0.1, 0.15) is 12.5 Å². The zero-order chi connectivity index (χ0) is 12.1. The molecule has 0 N–H and O–H groups in total. The molecule has 0 radical (unpaired) electrons. The Bertz CT molecular complexity index is 505. The van der Waals surface area contributed by atoms with E-state index in [9.17, 15) is 4.21 Å². The fourth-order valence-corrected chi connectivity index (χ4v) is 3.95. The summed E-state index contributed by atoms with van der Waals surface area (Å²) in [4.78, 5) is 0.964. The lowest BCUT2D eigenvalue weighted by Gasteiger charge is -2.10. The van der Waals surface area contributed by atoms with E-state index in [1.54, 1.807) is 0 Å². The van der Waals surface area contributed by atoms with Crippen molar-refractivity contribution in [3.8, 4) is 0 Å². The molecule has 0 spiro atoms. The van der Waals surface area contributed by atoms with E-state index in [0.29, 0.717) is 11.5 Å². The summed E-state index contributed by atoms with van der Waals surface area (Å²) in [6, 6.07) is 19.9. The van der Waals surface area contributed by atoms with Gasteiger partial charge in [-0.2, -0.15) is 0 Å².